The Hall–Kier alpha value is -3.49. The summed E-state index contributed by atoms with van der Waals surface area (Å²) in [7, 11) is 7.18. The first-order valence-corrected chi connectivity index (χ1v) is 10.4. The second-order valence-electron chi connectivity index (χ2n) is 7.73. The van der Waals surface area contributed by atoms with Crippen LogP contribution in [0.1, 0.15) is 17.5 Å². The minimum Gasteiger partial charge on any atom is -0.478 e. The summed E-state index contributed by atoms with van der Waals surface area (Å²) >= 11 is 0. The van der Waals surface area contributed by atoms with E-state index in [-0.39, 0.29) is 11.6 Å². The van der Waals surface area contributed by atoms with Gasteiger partial charge in [0.15, 0.2) is 0 Å². The zero-order chi connectivity index (χ0) is 23.1. The quantitative estimate of drug-likeness (QED) is 0.357. The smallest absolute Gasteiger partial charge is 0.330 e. The van der Waals surface area contributed by atoms with E-state index in [0.29, 0.717) is 12.1 Å². The predicted octanol–water partition coefficient (Wildman–Crippen LogP) is 2.97. The average molecular weight is 436 g/mol. The van der Waals surface area contributed by atoms with Gasteiger partial charge in [-0.3, -0.25) is 15.4 Å². The highest BCUT2D eigenvalue weighted by Gasteiger charge is 2.41. The molecule has 1 heterocycles. The number of rotatable bonds is 9. The molecule has 0 spiro atoms. The van der Waals surface area contributed by atoms with Gasteiger partial charge in [-0.05, 0) is 21.1 Å². The van der Waals surface area contributed by atoms with Crippen LogP contribution in [0.3, 0.4) is 0 Å². The van der Waals surface area contributed by atoms with Crippen molar-refractivity contribution in [1.82, 2.24) is 15.5 Å². The van der Waals surface area contributed by atoms with E-state index in [2.05, 4.69) is 15.5 Å². The molecule has 0 aromatic heterocycles. The van der Waals surface area contributed by atoms with Gasteiger partial charge in [-0.15, -0.1) is 0 Å². The Kier molecular flexibility index (Phi) is 7.40. The SMILES string of the molecule is CNC1(CCN(C)C)NC(OC)=C([N+](=O)[O-])C=C1N=C(c1ccccc1)c1ccccc1. The van der Waals surface area contributed by atoms with Gasteiger partial charge in [0.1, 0.15) is 5.66 Å². The summed E-state index contributed by atoms with van der Waals surface area (Å²) in [5.41, 5.74) is 2.05. The number of benzene rings is 2. The maximum Gasteiger partial charge on any atom is 0.330 e. The molecule has 8 nitrogen and oxygen atoms in total. The Morgan fingerprint density at radius 1 is 1.12 bits per heavy atom. The summed E-state index contributed by atoms with van der Waals surface area (Å²) in [6.07, 6.45) is 2.09. The van der Waals surface area contributed by atoms with Gasteiger partial charge in [-0.1, -0.05) is 60.7 Å². The van der Waals surface area contributed by atoms with Crippen molar-refractivity contribution in [2.45, 2.75) is 12.1 Å². The van der Waals surface area contributed by atoms with E-state index in [4.69, 9.17) is 9.73 Å². The van der Waals surface area contributed by atoms with Crippen molar-refractivity contribution in [2.24, 2.45) is 4.99 Å². The van der Waals surface area contributed by atoms with Gasteiger partial charge >= 0.3 is 5.70 Å². The molecule has 1 atom stereocenters. The molecule has 1 aliphatic heterocycles. The zero-order valence-electron chi connectivity index (χ0n) is 18.8. The maximum atomic E-state index is 11.8. The molecule has 0 saturated heterocycles. The summed E-state index contributed by atoms with van der Waals surface area (Å²) in [5.74, 6) is 0.100. The number of nitro groups is 1. The van der Waals surface area contributed by atoms with Crippen LogP contribution in [0.4, 0.5) is 0 Å². The lowest BCUT2D eigenvalue weighted by molar-refractivity contribution is -0.423. The molecule has 0 amide bonds. The molecule has 2 aromatic carbocycles. The van der Waals surface area contributed by atoms with Crippen LogP contribution in [-0.2, 0) is 4.74 Å². The minimum atomic E-state index is -0.857. The van der Waals surface area contributed by atoms with Crippen molar-refractivity contribution in [3.63, 3.8) is 0 Å². The van der Waals surface area contributed by atoms with Crippen molar-refractivity contribution in [2.75, 3.05) is 34.8 Å². The normalized spacial score (nSPS) is 18.1. The summed E-state index contributed by atoms with van der Waals surface area (Å²) in [6, 6.07) is 19.6. The Labute approximate surface area is 188 Å². The topological polar surface area (TPSA) is 92.0 Å². The summed E-state index contributed by atoms with van der Waals surface area (Å²) in [6.45, 7) is 0.720. The van der Waals surface area contributed by atoms with E-state index in [0.717, 1.165) is 23.4 Å². The maximum absolute atomic E-state index is 11.8. The lowest BCUT2D eigenvalue weighted by Crippen LogP contribution is -2.59. The van der Waals surface area contributed by atoms with Crippen LogP contribution in [0.25, 0.3) is 0 Å². The van der Waals surface area contributed by atoms with Crippen LogP contribution < -0.4 is 10.6 Å². The van der Waals surface area contributed by atoms with Crippen molar-refractivity contribution < 1.29 is 9.66 Å². The molecule has 1 unspecified atom stereocenters. The first-order valence-electron chi connectivity index (χ1n) is 10.4. The predicted molar refractivity (Wildman–Crippen MR) is 126 cm³/mol. The van der Waals surface area contributed by atoms with Crippen LogP contribution in [0.2, 0.25) is 0 Å². The van der Waals surface area contributed by atoms with Gasteiger partial charge < -0.3 is 15.0 Å². The third kappa shape index (κ3) is 5.04. The van der Waals surface area contributed by atoms with Crippen LogP contribution in [0.5, 0.6) is 0 Å². The Balaban J connectivity index is 2.23. The number of methoxy groups -OCH3 is 1. The van der Waals surface area contributed by atoms with Crippen molar-refractivity contribution in [3.05, 3.63) is 105 Å². The van der Waals surface area contributed by atoms with E-state index in [9.17, 15) is 10.1 Å². The Bertz CT molecular complexity index is 991. The fraction of sp³-hybridized carbons (Fsp3) is 0.292. The molecule has 168 valence electrons. The zero-order valence-corrected chi connectivity index (χ0v) is 18.8. The van der Waals surface area contributed by atoms with Crippen LogP contribution in [0.15, 0.2) is 89.0 Å². The Morgan fingerprint density at radius 2 is 1.69 bits per heavy atom. The van der Waals surface area contributed by atoms with E-state index >= 15 is 0 Å². The number of dihydropyridines is 1. The first-order chi connectivity index (χ1) is 15.4. The standard InChI is InChI=1S/C24H29N5O3/c1-25-24(15-16-28(2)3)21(17-20(29(30)31)23(27-24)32-4)26-22(18-11-7-5-8-12-18)19-13-9-6-10-14-19/h5-14,17,25,27H,15-16H2,1-4H3. The molecule has 8 heteroatoms. The van der Waals surface area contributed by atoms with Crippen LogP contribution in [0, 0.1) is 10.1 Å². The number of aliphatic imine (C=N–C) groups is 1. The molecule has 2 aromatic rings. The Morgan fingerprint density at radius 3 is 2.12 bits per heavy atom. The van der Waals surface area contributed by atoms with E-state index in [1.807, 2.05) is 74.8 Å². The average Bonchev–Trinajstić information content (AvgIpc) is 2.82. The summed E-state index contributed by atoms with van der Waals surface area (Å²) in [4.78, 5) is 18.4. The molecule has 0 fully saturated rings. The number of nitrogens with zero attached hydrogens (tertiary/aromatic N) is 3. The molecule has 32 heavy (non-hydrogen) atoms. The van der Waals surface area contributed by atoms with Gasteiger partial charge in [0.2, 0.25) is 0 Å². The molecule has 0 radical (unpaired) electrons. The molecule has 0 saturated carbocycles. The van der Waals surface area contributed by atoms with E-state index in [1.165, 1.54) is 13.2 Å². The van der Waals surface area contributed by atoms with Crippen molar-refractivity contribution in [1.29, 1.82) is 0 Å². The van der Waals surface area contributed by atoms with E-state index < -0.39 is 10.6 Å². The second kappa shape index (κ2) is 10.2. The minimum absolute atomic E-state index is 0.100. The molecular formula is C24H29N5O3. The fourth-order valence-electron chi connectivity index (χ4n) is 3.56. The largest absolute Gasteiger partial charge is 0.478 e. The summed E-state index contributed by atoms with van der Waals surface area (Å²) < 4.78 is 5.33. The molecule has 3 rings (SSSR count). The van der Waals surface area contributed by atoms with Gasteiger partial charge in [-0.2, -0.15) is 0 Å². The monoisotopic (exact) mass is 435 g/mol. The highest BCUT2D eigenvalue weighted by Crippen LogP contribution is 2.30. The third-order valence-corrected chi connectivity index (χ3v) is 5.36. The molecule has 2 N–H and O–H groups in total. The number of nitrogens with one attached hydrogen (secondary N) is 2. The van der Waals surface area contributed by atoms with Crippen LogP contribution in [-0.4, -0.2) is 56.0 Å². The molecule has 0 aliphatic carbocycles. The highest BCUT2D eigenvalue weighted by molar-refractivity contribution is 6.13. The number of hydrogen-bond acceptors (Lipinski definition) is 7. The molecule has 1 aliphatic rings. The lowest BCUT2D eigenvalue weighted by atomic mass is 9.96. The van der Waals surface area contributed by atoms with Gasteiger partial charge in [-0.25, -0.2) is 4.99 Å². The number of likely N-dealkylation sites (N-methyl/N-ethyl adjacent to an activating group) is 1. The van der Waals surface area contributed by atoms with Crippen molar-refractivity contribution in [3.8, 4) is 0 Å². The molecular weight excluding hydrogens is 406 g/mol. The number of allylic oxidation sites excluding steroid dienone is 1. The van der Waals surface area contributed by atoms with Gasteiger partial charge in [0, 0.05) is 30.2 Å². The highest BCUT2D eigenvalue weighted by atomic mass is 16.6. The van der Waals surface area contributed by atoms with Gasteiger partial charge in [0.25, 0.3) is 5.88 Å². The second-order valence-corrected chi connectivity index (χ2v) is 7.73. The third-order valence-electron chi connectivity index (χ3n) is 5.36. The number of ether oxygens (including phenoxy) is 1. The van der Waals surface area contributed by atoms with Gasteiger partial charge in [0.05, 0.1) is 23.4 Å². The number of hydrogen-bond donors (Lipinski definition) is 2. The summed E-state index contributed by atoms with van der Waals surface area (Å²) in [5, 5.41) is 18.3. The first kappa shape index (κ1) is 23.2. The van der Waals surface area contributed by atoms with Crippen molar-refractivity contribution >= 4 is 5.71 Å². The molecule has 0 bridgehead atoms. The van der Waals surface area contributed by atoms with Crippen LogP contribution >= 0.6 is 0 Å². The lowest BCUT2D eigenvalue weighted by Gasteiger charge is -2.38. The fourth-order valence-corrected chi connectivity index (χ4v) is 3.56. The van der Waals surface area contributed by atoms with E-state index in [1.54, 1.807) is 7.05 Å².